The Balaban J connectivity index is 3.32. The lowest BCUT2D eigenvalue weighted by Crippen LogP contribution is -2.36. The molecular formula is C11H14BrF3N2O2S. The molecule has 1 aromatic rings. The Kier molecular flexibility index (Phi) is 5.23. The van der Waals surface area contributed by atoms with E-state index in [4.69, 9.17) is 5.73 Å². The van der Waals surface area contributed by atoms with Crippen molar-refractivity contribution in [3.63, 3.8) is 0 Å². The Labute approximate surface area is 123 Å². The van der Waals surface area contributed by atoms with Crippen LogP contribution in [0.1, 0.15) is 11.1 Å². The zero-order valence-electron chi connectivity index (χ0n) is 10.8. The van der Waals surface area contributed by atoms with E-state index < -0.39 is 22.7 Å². The minimum absolute atomic E-state index is 0.0969. The molecule has 0 aliphatic carbocycles. The highest BCUT2D eigenvalue weighted by Gasteiger charge is 2.35. The smallest absolute Gasteiger partial charge is 0.326 e. The summed E-state index contributed by atoms with van der Waals surface area (Å²) in [5.41, 5.74) is 6.58. The molecule has 0 aliphatic rings. The van der Waals surface area contributed by atoms with Crippen LogP contribution in [0, 0.1) is 6.92 Å². The van der Waals surface area contributed by atoms with Crippen LogP contribution < -0.4 is 5.73 Å². The van der Waals surface area contributed by atoms with Crippen molar-refractivity contribution < 1.29 is 21.6 Å². The third-order valence-electron chi connectivity index (χ3n) is 2.61. The van der Waals surface area contributed by atoms with Gasteiger partial charge in [0.1, 0.15) is 6.54 Å². The van der Waals surface area contributed by atoms with Crippen LogP contribution in [-0.2, 0) is 16.6 Å². The predicted molar refractivity (Wildman–Crippen MR) is 72.6 cm³/mol. The van der Waals surface area contributed by atoms with Crippen LogP contribution in [0.3, 0.4) is 0 Å². The summed E-state index contributed by atoms with van der Waals surface area (Å²) in [6, 6.07) is 2.95. The van der Waals surface area contributed by atoms with Gasteiger partial charge in [-0.25, -0.2) is 8.42 Å². The summed E-state index contributed by atoms with van der Waals surface area (Å²) >= 11 is 3.10. The van der Waals surface area contributed by atoms with Gasteiger partial charge in [0.15, 0.2) is 0 Å². The van der Waals surface area contributed by atoms with E-state index >= 15 is 0 Å². The third kappa shape index (κ3) is 3.94. The van der Waals surface area contributed by atoms with Gasteiger partial charge in [0.2, 0.25) is 10.0 Å². The van der Waals surface area contributed by atoms with Crippen molar-refractivity contribution in [1.29, 1.82) is 0 Å². The molecule has 0 aromatic heterocycles. The molecule has 0 atom stereocenters. The van der Waals surface area contributed by atoms with Crippen LogP contribution in [0.5, 0.6) is 0 Å². The monoisotopic (exact) mass is 374 g/mol. The number of aryl methyl sites for hydroxylation is 1. The number of alkyl halides is 3. The highest BCUT2D eigenvalue weighted by Crippen LogP contribution is 2.30. The molecule has 0 amide bonds. The van der Waals surface area contributed by atoms with E-state index in [1.54, 1.807) is 13.0 Å². The quantitative estimate of drug-likeness (QED) is 0.879. The molecule has 0 aliphatic heterocycles. The molecule has 9 heteroatoms. The van der Waals surface area contributed by atoms with E-state index in [1.165, 1.54) is 6.07 Å². The normalized spacial score (nSPS) is 13.0. The number of halogens is 4. The van der Waals surface area contributed by atoms with Gasteiger partial charge >= 0.3 is 6.18 Å². The highest BCUT2D eigenvalue weighted by molar-refractivity contribution is 9.10. The van der Waals surface area contributed by atoms with Crippen molar-refractivity contribution in [1.82, 2.24) is 4.31 Å². The van der Waals surface area contributed by atoms with Crippen molar-refractivity contribution in [3.8, 4) is 0 Å². The molecule has 114 valence electrons. The summed E-state index contributed by atoms with van der Waals surface area (Å²) in [6.45, 7) is 0.194. The average molecular weight is 375 g/mol. The van der Waals surface area contributed by atoms with Crippen LogP contribution in [-0.4, -0.2) is 32.5 Å². The van der Waals surface area contributed by atoms with Crippen molar-refractivity contribution >= 4 is 26.0 Å². The average Bonchev–Trinajstić information content (AvgIpc) is 2.29. The Hall–Kier alpha value is -0.640. The molecule has 2 N–H and O–H groups in total. The number of rotatable bonds is 4. The summed E-state index contributed by atoms with van der Waals surface area (Å²) in [7, 11) is -3.36. The summed E-state index contributed by atoms with van der Waals surface area (Å²) in [6.07, 6.45) is -4.60. The minimum atomic E-state index is -4.60. The van der Waals surface area contributed by atoms with Crippen molar-refractivity contribution in [2.75, 3.05) is 13.6 Å². The fourth-order valence-corrected chi connectivity index (χ4v) is 3.80. The fraction of sp³-hybridized carbons (Fsp3) is 0.455. The number of nitrogens with zero attached hydrogens (tertiary/aromatic N) is 1. The SMILES string of the molecule is Cc1cc(CN)cc(S(=O)(=O)N(C)CC(F)(F)F)c1Br. The van der Waals surface area contributed by atoms with Crippen LogP contribution in [0.4, 0.5) is 13.2 Å². The van der Waals surface area contributed by atoms with Gasteiger partial charge in [0.25, 0.3) is 0 Å². The topological polar surface area (TPSA) is 63.4 Å². The largest absolute Gasteiger partial charge is 0.402 e. The number of hydrogen-bond acceptors (Lipinski definition) is 3. The summed E-state index contributed by atoms with van der Waals surface area (Å²) < 4.78 is 61.9. The summed E-state index contributed by atoms with van der Waals surface area (Å²) in [5, 5.41) is 0. The molecule has 1 rings (SSSR count). The van der Waals surface area contributed by atoms with Gasteiger partial charge in [0, 0.05) is 18.1 Å². The van der Waals surface area contributed by atoms with Crippen molar-refractivity contribution in [3.05, 3.63) is 27.7 Å². The van der Waals surface area contributed by atoms with Crippen LogP contribution in [0.15, 0.2) is 21.5 Å². The molecular weight excluding hydrogens is 361 g/mol. The first kappa shape index (κ1) is 17.4. The molecule has 0 fully saturated rings. The van der Waals surface area contributed by atoms with Crippen LogP contribution in [0.25, 0.3) is 0 Å². The van der Waals surface area contributed by atoms with Crippen LogP contribution >= 0.6 is 15.9 Å². The van der Waals surface area contributed by atoms with Crippen molar-refractivity contribution in [2.24, 2.45) is 5.73 Å². The second-order valence-corrected chi connectivity index (χ2v) is 7.11. The van der Waals surface area contributed by atoms with E-state index in [2.05, 4.69) is 15.9 Å². The van der Waals surface area contributed by atoms with Gasteiger partial charge in [-0.3, -0.25) is 0 Å². The zero-order valence-corrected chi connectivity index (χ0v) is 13.2. The first-order valence-electron chi connectivity index (χ1n) is 5.51. The Morgan fingerprint density at radius 1 is 1.35 bits per heavy atom. The molecule has 0 spiro atoms. The number of benzene rings is 1. The molecule has 4 nitrogen and oxygen atoms in total. The number of sulfonamides is 1. The lowest BCUT2D eigenvalue weighted by molar-refractivity contribution is -0.134. The lowest BCUT2D eigenvalue weighted by atomic mass is 10.1. The van der Waals surface area contributed by atoms with Gasteiger partial charge in [-0.05, 0) is 40.0 Å². The van der Waals surface area contributed by atoms with E-state index in [0.29, 0.717) is 11.1 Å². The molecule has 0 bridgehead atoms. The minimum Gasteiger partial charge on any atom is -0.326 e. The van der Waals surface area contributed by atoms with E-state index in [9.17, 15) is 21.6 Å². The van der Waals surface area contributed by atoms with Gasteiger partial charge in [-0.1, -0.05) is 6.07 Å². The Bertz CT molecular complexity index is 602. The lowest BCUT2D eigenvalue weighted by Gasteiger charge is -2.20. The number of hydrogen-bond donors (Lipinski definition) is 1. The molecule has 0 radical (unpaired) electrons. The van der Waals surface area contributed by atoms with Gasteiger partial charge in [-0.2, -0.15) is 17.5 Å². The second-order valence-electron chi connectivity index (χ2n) is 4.31. The molecule has 0 heterocycles. The van der Waals surface area contributed by atoms with Gasteiger partial charge < -0.3 is 5.73 Å². The van der Waals surface area contributed by atoms with Gasteiger partial charge in [0.05, 0.1) is 4.90 Å². The van der Waals surface area contributed by atoms with Crippen molar-refractivity contribution in [2.45, 2.75) is 24.5 Å². The molecule has 0 saturated heterocycles. The maximum atomic E-state index is 12.3. The second kappa shape index (κ2) is 6.00. The summed E-state index contributed by atoms with van der Waals surface area (Å²) in [5.74, 6) is 0. The number of nitrogens with two attached hydrogens (primary N) is 1. The maximum Gasteiger partial charge on any atom is 0.402 e. The first-order valence-corrected chi connectivity index (χ1v) is 7.74. The standard InChI is InChI=1S/C11H14BrF3N2O2S/c1-7-3-8(5-16)4-9(10(7)12)20(18,19)17(2)6-11(13,14)15/h3-4H,5-6,16H2,1-2H3. The molecule has 20 heavy (non-hydrogen) atoms. The highest BCUT2D eigenvalue weighted by atomic mass is 79.9. The third-order valence-corrected chi connectivity index (χ3v) is 5.75. The van der Waals surface area contributed by atoms with Gasteiger partial charge in [-0.15, -0.1) is 0 Å². The van der Waals surface area contributed by atoms with E-state index in [0.717, 1.165) is 7.05 Å². The fourth-order valence-electron chi connectivity index (χ4n) is 1.62. The van der Waals surface area contributed by atoms with E-state index in [1.807, 2.05) is 0 Å². The Morgan fingerprint density at radius 2 is 1.90 bits per heavy atom. The first-order chi connectivity index (χ1) is 8.99. The van der Waals surface area contributed by atoms with Crippen LogP contribution in [0.2, 0.25) is 0 Å². The molecule has 0 unspecified atom stereocenters. The zero-order chi connectivity index (χ0) is 15.7. The van der Waals surface area contributed by atoms with E-state index in [-0.39, 0.29) is 20.2 Å². The maximum absolute atomic E-state index is 12.3. The summed E-state index contributed by atoms with van der Waals surface area (Å²) in [4.78, 5) is -0.218. The predicted octanol–water partition coefficient (Wildman–Crippen LogP) is 2.40. The molecule has 0 saturated carbocycles. The molecule has 1 aromatic carbocycles. The Morgan fingerprint density at radius 3 is 2.35 bits per heavy atom.